The van der Waals surface area contributed by atoms with E-state index in [4.69, 9.17) is 17.4 Å². The second-order valence-corrected chi connectivity index (χ2v) is 7.56. The normalized spacial score (nSPS) is 30.2. The van der Waals surface area contributed by atoms with Gasteiger partial charge in [0.05, 0.1) is 11.7 Å². The molecular weight excluding hydrogens is 322 g/mol. The van der Waals surface area contributed by atoms with Crippen molar-refractivity contribution in [3.63, 3.8) is 0 Å². The molecule has 3 atom stereocenters. The number of hydrogen-bond acceptors (Lipinski definition) is 5. The highest BCUT2D eigenvalue weighted by Crippen LogP contribution is 2.44. The SMILES string of the molecule is CN/C=C(\NN)[C@@H]1CC2(CCB(O)c3cc(Cl)ccc32)C[C@H](C)N1. The largest absolute Gasteiger partial charge is 0.446 e. The molecule has 1 aromatic rings. The number of halogens is 1. The Bertz CT molecular complexity index is 641. The molecule has 130 valence electrons. The first-order chi connectivity index (χ1) is 11.5. The summed E-state index contributed by atoms with van der Waals surface area (Å²) >= 11 is 6.17. The average Bonchev–Trinajstić information content (AvgIpc) is 2.56. The zero-order valence-electron chi connectivity index (χ0n) is 14.3. The second-order valence-electron chi connectivity index (χ2n) is 7.13. The van der Waals surface area contributed by atoms with Crippen LogP contribution in [-0.4, -0.2) is 31.1 Å². The van der Waals surface area contributed by atoms with Crippen molar-refractivity contribution in [3.8, 4) is 0 Å². The minimum atomic E-state index is -0.423. The summed E-state index contributed by atoms with van der Waals surface area (Å²) in [5.74, 6) is 5.73. The van der Waals surface area contributed by atoms with E-state index in [0.717, 1.165) is 36.7 Å². The van der Waals surface area contributed by atoms with Crippen LogP contribution in [0.2, 0.25) is 11.3 Å². The van der Waals surface area contributed by atoms with Crippen LogP contribution in [0.3, 0.4) is 0 Å². The highest BCUT2D eigenvalue weighted by Gasteiger charge is 2.46. The Morgan fingerprint density at radius 3 is 3.00 bits per heavy atom. The lowest BCUT2D eigenvalue weighted by Crippen LogP contribution is -2.57. The minimum absolute atomic E-state index is 0.0398. The lowest BCUT2D eigenvalue weighted by molar-refractivity contribution is 0.211. The van der Waals surface area contributed by atoms with Gasteiger partial charge in [0.15, 0.2) is 0 Å². The zero-order chi connectivity index (χ0) is 17.3. The summed E-state index contributed by atoms with van der Waals surface area (Å²) in [4.78, 5) is 0. The Labute approximate surface area is 149 Å². The first-order valence-electron chi connectivity index (χ1n) is 8.57. The Morgan fingerprint density at radius 1 is 1.50 bits per heavy atom. The van der Waals surface area contributed by atoms with E-state index in [1.807, 2.05) is 25.4 Å². The van der Waals surface area contributed by atoms with Crippen LogP contribution in [0.15, 0.2) is 30.1 Å². The molecule has 1 spiro atoms. The molecule has 0 aromatic heterocycles. The van der Waals surface area contributed by atoms with Gasteiger partial charge in [-0.1, -0.05) is 17.7 Å². The molecule has 2 heterocycles. The Balaban J connectivity index is 2.01. The smallest absolute Gasteiger partial charge is 0.324 e. The van der Waals surface area contributed by atoms with Crippen molar-refractivity contribution in [2.75, 3.05) is 7.05 Å². The number of benzene rings is 1. The number of rotatable bonds is 3. The summed E-state index contributed by atoms with van der Waals surface area (Å²) in [6, 6.07) is 6.47. The highest BCUT2D eigenvalue weighted by atomic mass is 35.5. The predicted molar refractivity (Wildman–Crippen MR) is 100 cm³/mol. The van der Waals surface area contributed by atoms with E-state index >= 15 is 0 Å². The third-order valence-corrected chi connectivity index (χ3v) is 5.69. The van der Waals surface area contributed by atoms with Crippen molar-refractivity contribution in [1.29, 1.82) is 0 Å². The first-order valence-corrected chi connectivity index (χ1v) is 8.95. The van der Waals surface area contributed by atoms with E-state index < -0.39 is 6.92 Å². The molecule has 0 radical (unpaired) electrons. The molecule has 0 saturated carbocycles. The van der Waals surface area contributed by atoms with Crippen LogP contribution in [0, 0.1) is 0 Å². The molecule has 1 saturated heterocycles. The molecule has 2 aliphatic rings. The van der Waals surface area contributed by atoms with Crippen molar-refractivity contribution in [1.82, 2.24) is 16.1 Å². The van der Waals surface area contributed by atoms with Crippen LogP contribution in [0.4, 0.5) is 0 Å². The zero-order valence-corrected chi connectivity index (χ0v) is 15.0. The van der Waals surface area contributed by atoms with Gasteiger partial charge in [-0.2, -0.15) is 0 Å². The number of hydrazine groups is 1. The Kier molecular flexibility index (Phi) is 5.11. The monoisotopic (exact) mass is 348 g/mol. The third-order valence-electron chi connectivity index (χ3n) is 5.46. The maximum atomic E-state index is 10.4. The molecular formula is C17H26BClN4O. The molecule has 1 fully saturated rings. The topological polar surface area (TPSA) is 82.3 Å². The van der Waals surface area contributed by atoms with E-state index in [2.05, 4.69) is 29.0 Å². The van der Waals surface area contributed by atoms with Crippen LogP contribution in [0.1, 0.15) is 31.7 Å². The molecule has 2 aliphatic heterocycles. The summed E-state index contributed by atoms with van der Waals surface area (Å²) in [6.45, 7) is 1.79. The second kappa shape index (κ2) is 6.96. The molecule has 3 rings (SSSR count). The van der Waals surface area contributed by atoms with E-state index in [0.29, 0.717) is 11.1 Å². The molecule has 0 aliphatic carbocycles. The van der Waals surface area contributed by atoms with Crippen LogP contribution < -0.4 is 27.4 Å². The number of hydrogen-bond donors (Lipinski definition) is 5. The standard InChI is InChI=1S/C17H26BClN4O/c1-11-8-17(9-15(22-11)16(23-20)10-21-2)5-6-18(24)14-7-12(19)3-4-13(14)17/h3-4,7,10-11,15,21-24H,5-6,8-9,20H2,1-2H3/b16-10-/t11-,15-,17?/m0/s1. The molecule has 6 N–H and O–H groups in total. The van der Waals surface area contributed by atoms with Gasteiger partial charge in [-0.25, -0.2) is 0 Å². The molecule has 24 heavy (non-hydrogen) atoms. The Morgan fingerprint density at radius 2 is 2.29 bits per heavy atom. The molecule has 1 unspecified atom stereocenters. The van der Waals surface area contributed by atoms with Gasteiger partial charge >= 0.3 is 6.92 Å². The summed E-state index contributed by atoms with van der Waals surface area (Å²) in [5.41, 5.74) is 6.04. The van der Waals surface area contributed by atoms with Crippen LogP contribution in [0.25, 0.3) is 0 Å². The summed E-state index contributed by atoms with van der Waals surface area (Å²) in [7, 11) is 1.87. The van der Waals surface area contributed by atoms with Gasteiger partial charge in [-0.05, 0) is 61.1 Å². The quantitative estimate of drug-likeness (QED) is 0.318. The van der Waals surface area contributed by atoms with Gasteiger partial charge in [-0.3, -0.25) is 5.84 Å². The predicted octanol–water partition coefficient (Wildman–Crippen LogP) is 0.837. The molecule has 7 heteroatoms. The summed E-state index contributed by atoms with van der Waals surface area (Å²) < 4.78 is 0. The van der Waals surface area contributed by atoms with Crippen molar-refractivity contribution in [2.45, 2.75) is 50.0 Å². The maximum Gasteiger partial charge on any atom is 0.324 e. The van der Waals surface area contributed by atoms with Crippen molar-refractivity contribution in [3.05, 3.63) is 40.7 Å². The number of nitrogens with one attached hydrogen (secondary N) is 3. The molecule has 0 bridgehead atoms. The fraction of sp³-hybridized carbons (Fsp3) is 0.529. The highest BCUT2D eigenvalue weighted by molar-refractivity contribution is 6.67. The third kappa shape index (κ3) is 3.16. The first kappa shape index (κ1) is 17.6. The van der Waals surface area contributed by atoms with Gasteiger partial charge in [-0.15, -0.1) is 0 Å². The van der Waals surface area contributed by atoms with Crippen LogP contribution >= 0.6 is 11.6 Å². The molecule has 0 amide bonds. The minimum Gasteiger partial charge on any atom is -0.446 e. The number of nitrogens with two attached hydrogens (primary N) is 1. The molecule has 1 aromatic carbocycles. The van der Waals surface area contributed by atoms with Crippen molar-refractivity contribution < 1.29 is 5.02 Å². The van der Waals surface area contributed by atoms with Crippen molar-refractivity contribution >= 4 is 24.0 Å². The number of fused-ring (bicyclic) bond motifs is 2. The Hall–Kier alpha value is -1.21. The van der Waals surface area contributed by atoms with Gasteiger partial charge < -0.3 is 21.1 Å². The number of piperidine rings is 1. The van der Waals surface area contributed by atoms with Crippen molar-refractivity contribution in [2.24, 2.45) is 5.84 Å². The maximum absolute atomic E-state index is 10.4. The van der Waals surface area contributed by atoms with Gasteiger partial charge in [0, 0.05) is 24.3 Å². The average molecular weight is 349 g/mol. The fourth-order valence-electron chi connectivity index (χ4n) is 4.54. The van der Waals surface area contributed by atoms with E-state index in [9.17, 15) is 5.02 Å². The fourth-order valence-corrected chi connectivity index (χ4v) is 4.72. The lowest BCUT2D eigenvalue weighted by atomic mass is 9.45. The summed E-state index contributed by atoms with van der Waals surface area (Å²) in [6.07, 6.45) is 5.64. The van der Waals surface area contributed by atoms with Gasteiger partial charge in [0.25, 0.3) is 0 Å². The summed E-state index contributed by atoms with van der Waals surface area (Å²) in [5, 5.41) is 17.8. The van der Waals surface area contributed by atoms with E-state index in [-0.39, 0.29) is 11.5 Å². The van der Waals surface area contributed by atoms with Gasteiger partial charge in [0.1, 0.15) is 0 Å². The van der Waals surface area contributed by atoms with Crippen LogP contribution in [-0.2, 0) is 5.41 Å². The van der Waals surface area contributed by atoms with E-state index in [1.165, 1.54) is 5.56 Å². The van der Waals surface area contributed by atoms with Crippen LogP contribution in [0.5, 0.6) is 0 Å². The van der Waals surface area contributed by atoms with Gasteiger partial charge in [0.2, 0.25) is 0 Å². The molecule has 5 nitrogen and oxygen atoms in total. The lowest BCUT2D eigenvalue weighted by Gasteiger charge is -2.48. The van der Waals surface area contributed by atoms with E-state index in [1.54, 1.807) is 0 Å².